The van der Waals surface area contributed by atoms with E-state index >= 15 is 0 Å². The summed E-state index contributed by atoms with van der Waals surface area (Å²) in [5.41, 5.74) is -0.587. The highest BCUT2D eigenvalue weighted by Gasteiger charge is 2.35. The monoisotopic (exact) mass is 540 g/mol. The van der Waals surface area contributed by atoms with E-state index < -0.39 is 41.9 Å². The van der Waals surface area contributed by atoms with Gasteiger partial charge in [0.05, 0.1) is 25.2 Å². The van der Waals surface area contributed by atoms with Gasteiger partial charge in [-0.15, -0.1) is 0 Å². The van der Waals surface area contributed by atoms with Gasteiger partial charge in [-0.1, -0.05) is 32.9 Å². The Morgan fingerprint density at radius 2 is 0.947 bits per heavy atom. The van der Waals surface area contributed by atoms with Crippen LogP contribution in [0.2, 0.25) is 0 Å². The number of hydrogen-bond acceptors (Lipinski definition) is 12. The largest absolute Gasteiger partial charge is 0.462 e. The molecule has 0 fully saturated rings. The molecule has 0 spiro atoms. The third-order valence-corrected chi connectivity index (χ3v) is 4.02. The van der Waals surface area contributed by atoms with Crippen molar-refractivity contribution in [1.29, 1.82) is 0 Å². The van der Waals surface area contributed by atoms with Gasteiger partial charge in [0.2, 0.25) is 0 Å². The lowest BCUT2D eigenvalue weighted by Crippen LogP contribution is -2.42. The predicted octanol–water partition coefficient (Wildman–Crippen LogP) is 1.39. The molecule has 0 bridgehead atoms. The molecule has 0 aromatic carbocycles. The van der Waals surface area contributed by atoms with Crippen LogP contribution in [-0.2, 0) is 52.4 Å². The van der Waals surface area contributed by atoms with Gasteiger partial charge in [0.1, 0.15) is 33.0 Å². The van der Waals surface area contributed by atoms with E-state index in [1.807, 2.05) is 0 Å². The van der Waals surface area contributed by atoms with Gasteiger partial charge in [-0.25, -0.2) is 24.0 Å². The summed E-state index contributed by atoms with van der Waals surface area (Å²) in [5, 5.41) is 9.48. The number of carbonyl (C=O) groups is 5. The van der Waals surface area contributed by atoms with Crippen LogP contribution >= 0.6 is 0 Å². The molecule has 0 unspecified atom stereocenters. The average Bonchev–Trinajstić information content (AvgIpc) is 2.91. The predicted molar refractivity (Wildman–Crippen MR) is 135 cm³/mol. The lowest BCUT2D eigenvalue weighted by molar-refractivity contribution is -0.159. The summed E-state index contributed by atoms with van der Waals surface area (Å²) in [6, 6.07) is 0. The Labute approximate surface area is 222 Å². The average molecular weight is 541 g/mol. The molecule has 0 aliphatic heterocycles. The minimum absolute atomic E-state index is 0.153. The molecular weight excluding hydrogens is 504 g/mol. The summed E-state index contributed by atoms with van der Waals surface area (Å²) >= 11 is 0. The summed E-state index contributed by atoms with van der Waals surface area (Å²) in [6.45, 7) is 19.0. The highest BCUT2D eigenvalue weighted by atomic mass is 16.6. The van der Waals surface area contributed by atoms with E-state index in [9.17, 15) is 29.1 Å². The fraction of sp³-hybridized carbons (Fsp3) is 0.423. The van der Waals surface area contributed by atoms with Crippen molar-refractivity contribution >= 4 is 29.8 Å². The molecule has 0 radical (unpaired) electrons. The summed E-state index contributed by atoms with van der Waals surface area (Å²) < 4.78 is 29.1. The van der Waals surface area contributed by atoms with Crippen molar-refractivity contribution in [2.24, 2.45) is 5.41 Å². The quantitative estimate of drug-likeness (QED) is 0.115. The maximum atomic E-state index is 11.1. The van der Waals surface area contributed by atoms with Gasteiger partial charge in [0.15, 0.2) is 0 Å². The number of hydrogen-bond donors (Lipinski definition) is 1. The third kappa shape index (κ3) is 18.3. The van der Waals surface area contributed by atoms with Crippen molar-refractivity contribution in [1.82, 2.24) is 0 Å². The van der Waals surface area contributed by atoms with Crippen molar-refractivity contribution in [2.45, 2.75) is 13.8 Å². The van der Waals surface area contributed by atoms with Crippen LogP contribution in [0, 0.1) is 5.41 Å². The van der Waals surface area contributed by atoms with Crippen LogP contribution in [0.1, 0.15) is 13.8 Å². The SMILES string of the molecule is C=C(C)C(=O)OCCOCCOC(=O)C(=C)C.C=CC(=O)OCC(CO)(COC(=O)C=C)COC(=O)C=C. The topological polar surface area (TPSA) is 161 Å². The standard InChI is InChI=1S/C14H18O7.C12H18O5/c1-4-11(16)19-8-14(7-15,9-20-12(17)5-2)10-21-13(18)6-3;1-9(2)11(13)16-7-5-15-6-8-17-12(14)10(3)4/h4-6,15H,1-3,7-10H2;1,3,5-8H2,2,4H3. The molecule has 0 heterocycles. The second-order valence-electron chi connectivity index (χ2n) is 7.54. The maximum absolute atomic E-state index is 11.1. The molecule has 12 nitrogen and oxygen atoms in total. The maximum Gasteiger partial charge on any atom is 0.333 e. The minimum Gasteiger partial charge on any atom is -0.462 e. The smallest absolute Gasteiger partial charge is 0.333 e. The Balaban J connectivity index is 0. The van der Waals surface area contributed by atoms with E-state index in [4.69, 9.17) is 28.4 Å². The Morgan fingerprint density at radius 3 is 1.18 bits per heavy atom. The molecule has 0 aliphatic carbocycles. The normalized spacial score (nSPS) is 9.87. The summed E-state index contributed by atoms with van der Waals surface area (Å²) in [4.78, 5) is 55.2. The van der Waals surface area contributed by atoms with E-state index in [1.165, 1.54) is 0 Å². The molecule has 0 saturated heterocycles. The molecule has 0 aliphatic rings. The summed E-state index contributed by atoms with van der Waals surface area (Å²) in [6.07, 6.45) is 2.81. The van der Waals surface area contributed by atoms with E-state index in [2.05, 4.69) is 32.9 Å². The molecule has 0 aromatic rings. The van der Waals surface area contributed by atoms with Gasteiger partial charge in [-0.2, -0.15) is 0 Å². The van der Waals surface area contributed by atoms with E-state index in [0.29, 0.717) is 11.1 Å². The zero-order valence-electron chi connectivity index (χ0n) is 21.9. The molecule has 0 rings (SSSR count). The van der Waals surface area contributed by atoms with Crippen molar-refractivity contribution < 1.29 is 57.5 Å². The van der Waals surface area contributed by atoms with Gasteiger partial charge in [-0.05, 0) is 13.8 Å². The molecule has 0 aromatic heterocycles. The van der Waals surface area contributed by atoms with Crippen LogP contribution in [0.15, 0.2) is 62.3 Å². The zero-order chi connectivity index (χ0) is 29.6. The highest BCUT2D eigenvalue weighted by molar-refractivity contribution is 5.87. The first-order valence-electron chi connectivity index (χ1n) is 11.1. The number of aliphatic hydroxyl groups is 1. The molecule has 12 heteroatoms. The number of aliphatic hydroxyl groups excluding tert-OH is 1. The summed E-state index contributed by atoms with van der Waals surface area (Å²) in [7, 11) is 0. The van der Waals surface area contributed by atoms with Gasteiger partial charge in [-0.3, -0.25) is 0 Å². The lowest BCUT2D eigenvalue weighted by Gasteiger charge is -2.29. The van der Waals surface area contributed by atoms with Crippen molar-refractivity contribution in [2.75, 3.05) is 52.9 Å². The number of rotatable bonds is 18. The van der Waals surface area contributed by atoms with Gasteiger partial charge in [0.25, 0.3) is 0 Å². The Morgan fingerprint density at radius 1 is 0.632 bits per heavy atom. The second-order valence-corrected chi connectivity index (χ2v) is 7.54. The molecule has 0 saturated carbocycles. The van der Waals surface area contributed by atoms with Crippen molar-refractivity contribution in [3.63, 3.8) is 0 Å². The lowest BCUT2D eigenvalue weighted by atomic mass is 9.92. The third-order valence-electron chi connectivity index (χ3n) is 4.02. The fourth-order valence-corrected chi connectivity index (χ4v) is 1.85. The fourth-order valence-electron chi connectivity index (χ4n) is 1.85. The van der Waals surface area contributed by atoms with Gasteiger partial charge < -0.3 is 33.5 Å². The molecule has 212 valence electrons. The summed E-state index contributed by atoms with van der Waals surface area (Å²) in [5.74, 6) is -3.06. The van der Waals surface area contributed by atoms with E-state index in [-0.39, 0.29) is 46.2 Å². The second kappa shape index (κ2) is 21.1. The highest BCUT2D eigenvalue weighted by Crippen LogP contribution is 2.19. The van der Waals surface area contributed by atoms with Crippen LogP contribution in [0.25, 0.3) is 0 Å². The molecule has 1 N–H and O–H groups in total. The van der Waals surface area contributed by atoms with E-state index in [0.717, 1.165) is 18.2 Å². The first kappa shape index (κ1) is 36.1. The Bertz CT molecular complexity index is 782. The van der Waals surface area contributed by atoms with Crippen molar-refractivity contribution in [3.8, 4) is 0 Å². The van der Waals surface area contributed by atoms with Crippen LogP contribution in [0.4, 0.5) is 0 Å². The zero-order valence-corrected chi connectivity index (χ0v) is 21.9. The first-order chi connectivity index (χ1) is 17.9. The van der Waals surface area contributed by atoms with Gasteiger partial charge in [0, 0.05) is 29.4 Å². The minimum atomic E-state index is -1.28. The molecule has 38 heavy (non-hydrogen) atoms. The Hall–Kier alpha value is -4.03. The Kier molecular flexibility index (Phi) is 20.1. The molecule has 0 atom stereocenters. The molecular formula is C26H36O12. The van der Waals surface area contributed by atoms with Crippen LogP contribution in [-0.4, -0.2) is 87.8 Å². The van der Waals surface area contributed by atoms with Gasteiger partial charge >= 0.3 is 29.8 Å². The number of esters is 5. The van der Waals surface area contributed by atoms with Crippen molar-refractivity contribution in [3.05, 3.63) is 62.3 Å². The van der Waals surface area contributed by atoms with E-state index in [1.54, 1.807) is 13.8 Å². The number of carbonyl (C=O) groups excluding carboxylic acids is 5. The van der Waals surface area contributed by atoms with Crippen LogP contribution in [0.3, 0.4) is 0 Å². The van der Waals surface area contributed by atoms with Crippen LogP contribution in [0.5, 0.6) is 0 Å². The first-order valence-corrected chi connectivity index (χ1v) is 11.1. The van der Waals surface area contributed by atoms with Crippen LogP contribution < -0.4 is 0 Å². The number of ether oxygens (including phenoxy) is 6. The molecule has 0 amide bonds.